The lowest BCUT2D eigenvalue weighted by Crippen LogP contribution is -2.21. The van der Waals surface area contributed by atoms with Crippen LogP contribution in [-0.2, 0) is 4.79 Å². The molecule has 9 heteroatoms. The topological polar surface area (TPSA) is 64.1 Å². The monoisotopic (exact) mass is 415 g/mol. The summed E-state index contributed by atoms with van der Waals surface area (Å²) in [4.78, 5) is 22.5. The number of thiophene rings is 1. The van der Waals surface area contributed by atoms with Crippen molar-refractivity contribution in [2.24, 2.45) is 0 Å². The van der Waals surface area contributed by atoms with E-state index in [-0.39, 0.29) is 22.3 Å². The maximum Gasteiger partial charge on any atom is 0.262 e. The van der Waals surface area contributed by atoms with Crippen LogP contribution in [-0.4, -0.2) is 22.5 Å². The summed E-state index contributed by atoms with van der Waals surface area (Å²) in [5.74, 6) is -0.0437. The van der Waals surface area contributed by atoms with Gasteiger partial charge in [0.05, 0.1) is 21.1 Å². The number of rotatable bonds is 4. The summed E-state index contributed by atoms with van der Waals surface area (Å²) in [5, 5.41) is 4.32. The van der Waals surface area contributed by atoms with Gasteiger partial charge in [0.15, 0.2) is 6.61 Å². The molecule has 0 atom stereocenters. The van der Waals surface area contributed by atoms with Gasteiger partial charge in [0.25, 0.3) is 5.91 Å². The SMILES string of the molecule is Cc1sc2ncnc(OCC(=O)Nc3c(Cl)cc(Cl)cc3Cl)c2c1C. The third-order valence-corrected chi connectivity index (χ3v) is 5.47. The molecule has 5 nitrogen and oxygen atoms in total. The molecule has 3 aromatic rings. The van der Waals surface area contributed by atoms with Crippen LogP contribution in [0.3, 0.4) is 0 Å². The van der Waals surface area contributed by atoms with Crippen LogP contribution in [0.25, 0.3) is 10.2 Å². The number of benzene rings is 1. The minimum Gasteiger partial charge on any atom is -0.467 e. The number of carbonyl (C=O) groups is 1. The highest BCUT2D eigenvalue weighted by atomic mass is 35.5. The summed E-state index contributed by atoms with van der Waals surface area (Å²) in [5.41, 5.74) is 1.33. The molecule has 130 valence electrons. The van der Waals surface area contributed by atoms with E-state index in [1.54, 1.807) is 11.3 Å². The molecule has 0 fully saturated rings. The summed E-state index contributed by atoms with van der Waals surface area (Å²) in [7, 11) is 0. The van der Waals surface area contributed by atoms with Gasteiger partial charge in [-0.2, -0.15) is 0 Å². The Labute approximate surface area is 162 Å². The molecule has 0 saturated heterocycles. The van der Waals surface area contributed by atoms with E-state index in [0.717, 1.165) is 20.7 Å². The molecule has 0 radical (unpaired) electrons. The summed E-state index contributed by atoms with van der Waals surface area (Å²) in [6.07, 6.45) is 1.41. The van der Waals surface area contributed by atoms with E-state index in [0.29, 0.717) is 10.9 Å². The number of ether oxygens (including phenoxy) is 1. The number of fused-ring (bicyclic) bond motifs is 1. The normalized spacial score (nSPS) is 10.9. The lowest BCUT2D eigenvalue weighted by atomic mass is 10.2. The number of halogens is 3. The van der Waals surface area contributed by atoms with E-state index in [1.807, 2.05) is 13.8 Å². The van der Waals surface area contributed by atoms with Crippen molar-refractivity contribution in [1.29, 1.82) is 0 Å². The van der Waals surface area contributed by atoms with Crippen molar-refractivity contribution in [3.8, 4) is 5.88 Å². The average Bonchev–Trinajstić information content (AvgIpc) is 2.84. The molecule has 0 aliphatic rings. The van der Waals surface area contributed by atoms with E-state index in [2.05, 4.69) is 15.3 Å². The first-order chi connectivity index (χ1) is 11.9. The number of aryl methyl sites for hydroxylation is 2. The van der Waals surface area contributed by atoms with E-state index in [9.17, 15) is 4.79 Å². The Morgan fingerprint density at radius 3 is 2.56 bits per heavy atom. The highest BCUT2D eigenvalue weighted by molar-refractivity contribution is 7.18. The van der Waals surface area contributed by atoms with Gasteiger partial charge >= 0.3 is 0 Å². The van der Waals surface area contributed by atoms with Crippen molar-refractivity contribution in [2.75, 3.05) is 11.9 Å². The maximum atomic E-state index is 12.2. The maximum absolute atomic E-state index is 12.2. The van der Waals surface area contributed by atoms with Crippen molar-refractivity contribution >= 4 is 68.0 Å². The van der Waals surface area contributed by atoms with Gasteiger partial charge in [-0.1, -0.05) is 34.8 Å². The number of nitrogens with one attached hydrogen (secondary N) is 1. The summed E-state index contributed by atoms with van der Waals surface area (Å²) in [6.45, 7) is 3.73. The number of carbonyl (C=O) groups excluding carboxylic acids is 1. The molecular weight excluding hydrogens is 405 g/mol. The predicted molar refractivity (Wildman–Crippen MR) is 102 cm³/mol. The molecule has 25 heavy (non-hydrogen) atoms. The molecule has 3 rings (SSSR count). The molecule has 1 N–H and O–H groups in total. The van der Waals surface area contributed by atoms with Gasteiger partial charge in [-0.25, -0.2) is 9.97 Å². The van der Waals surface area contributed by atoms with Crippen molar-refractivity contribution in [1.82, 2.24) is 9.97 Å². The van der Waals surface area contributed by atoms with Crippen LogP contribution in [0.4, 0.5) is 5.69 Å². The predicted octanol–water partition coefficient (Wildman–Crippen LogP) is 5.29. The van der Waals surface area contributed by atoms with Crippen LogP contribution in [0.1, 0.15) is 10.4 Å². The Hall–Kier alpha value is -1.60. The second-order valence-electron chi connectivity index (χ2n) is 5.22. The number of amides is 1. The largest absolute Gasteiger partial charge is 0.467 e. The van der Waals surface area contributed by atoms with Crippen molar-refractivity contribution in [3.63, 3.8) is 0 Å². The second-order valence-corrected chi connectivity index (χ2v) is 7.68. The Balaban J connectivity index is 1.76. The zero-order valence-electron chi connectivity index (χ0n) is 13.2. The second kappa shape index (κ2) is 7.33. The van der Waals surface area contributed by atoms with Crippen LogP contribution in [0, 0.1) is 13.8 Å². The van der Waals surface area contributed by atoms with Gasteiger partial charge in [0, 0.05) is 9.90 Å². The fraction of sp³-hybridized carbons (Fsp3) is 0.188. The van der Waals surface area contributed by atoms with E-state index >= 15 is 0 Å². The first-order valence-corrected chi connectivity index (χ1v) is 9.09. The van der Waals surface area contributed by atoms with Gasteiger partial charge in [-0.15, -0.1) is 11.3 Å². The number of hydrogen-bond donors (Lipinski definition) is 1. The molecule has 0 bridgehead atoms. The number of aromatic nitrogens is 2. The van der Waals surface area contributed by atoms with Crippen LogP contribution in [0.2, 0.25) is 15.1 Å². The summed E-state index contributed by atoms with van der Waals surface area (Å²) >= 11 is 19.5. The Morgan fingerprint density at radius 1 is 1.20 bits per heavy atom. The third kappa shape index (κ3) is 3.82. The lowest BCUT2D eigenvalue weighted by Gasteiger charge is -2.11. The summed E-state index contributed by atoms with van der Waals surface area (Å²) < 4.78 is 5.58. The molecule has 1 amide bonds. The number of anilines is 1. The Bertz CT molecular complexity index is 952. The third-order valence-electron chi connectivity index (χ3n) is 3.54. The van der Waals surface area contributed by atoms with Crippen molar-refractivity contribution in [2.45, 2.75) is 13.8 Å². The van der Waals surface area contributed by atoms with Crippen LogP contribution < -0.4 is 10.1 Å². The Morgan fingerprint density at radius 2 is 1.88 bits per heavy atom. The van der Waals surface area contributed by atoms with Crippen LogP contribution in [0.15, 0.2) is 18.5 Å². The minimum absolute atomic E-state index is 0.240. The highest BCUT2D eigenvalue weighted by Gasteiger charge is 2.16. The molecule has 0 aliphatic heterocycles. The van der Waals surface area contributed by atoms with Crippen LogP contribution in [0.5, 0.6) is 5.88 Å². The van der Waals surface area contributed by atoms with Crippen molar-refractivity contribution in [3.05, 3.63) is 44.0 Å². The van der Waals surface area contributed by atoms with Gasteiger partial charge in [0.2, 0.25) is 5.88 Å². The molecule has 0 aliphatic carbocycles. The molecule has 0 saturated carbocycles. The lowest BCUT2D eigenvalue weighted by molar-refractivity contribution is -0.118. The highest BCUT2D eigenvalue weighted by Crippen LogP contribution is 2.35. The number of hydrogen-bond acceptors (Lipinski definition) is 5. The van der Waals surface area contributed by atoms with Gasteiger partial charge in [0.1, 0.15) is 11.2 Å². The smallest absolute Gasteiger partial charge is 0.262 e. The minimum atomic E-state index is -0.414. The quantitative estimate of drug-likeness (QED) is 0.628. The van der Waals surface area contributed by atoms with Gasteiger partial charge < -0.3 is 10.1 Å². The molecule has 1 aromatic carbocycles. The average molecular weight is 417 g/mol. The molecule has 0 unspecified atom stereocenters. The zero-order valence-corrected chi connectivity index (χ0v) is 16.3. The Kier molecular flexibility index (Phi) is 5.34. The molecular formula is C16H12Cl3N3O2S. The van der Waals surface area contributed by atoms with E-state index in [4.69, 9.17) is 39.5 Å². The fourth-order valence-corrected chi connectivity index (χ4v) is 4.13. The zero-order chi connectivity index (χ0) is 18.1. The first kappa shape index (κ1) is 18.2. The molecule has 2 aromatic heterocycles. The standard InChI is InChI=1S/C16H12Cl3N3O2S/c1-7-8(2)25-16-13(7)15(20-6-21-16)24-5-12(23)22-14-10(18)3-9(17)4-11(14)19/h3-4,6H,5H2,1-2H3,(H,22,23). The molecule has 0 spiro atoms. The van der Waals surface area contributed by atoms with Crippen molar-refractivity contribution < 1.29 is 9.53 Å². The number of nitrogens with zero attached hydrogens (tertiary/aromatic N) is 2. The molecule has 2 heterocycles. The fourth-order valence-electron chi connectivity index (χ4n) is 2.23. The van der Waals surface area contributed by atoms with Gasteiger partial charge in [-0.05, 0) is 31.5 Å². The summed E-state index contributed by atoms with van der Waals surface area (Å²) in [6, 6.07) is 2.99. The first-order valence-electron chi connectivity index (χ1n) is 7.14. The van der Waals surface area contributed by atoms with E-state index < -0.39 is 5.91 Å². The van der Waals surface area contributed by atoms with Gasteiger partial charge in [-0.3, -0.25) is 4.79 Å². The van der Waals surface area contributed by atoms with Crippen LogP contribution >= 0.6 is 46.1 Å². The van der Waals surface area contributed by atoms with E-state index in [1.165, 1.54) is 18.5 Å².